The number of benzene rings is 2. The maximum absolute atomic E-state index is 12.6. The molecule has 2 aromatic carbocycles. The first-order chi connectivity index (χ1) is 12.6. The minimum Gasteiger partial charge on any atom is -0.339 e. The average Bonchev–Trinajstić information content (AvgIpc) is 2.69. The zero-order valence-electron chi connectivity index (χ0n) is 14.2. The predicted molar refractivity (Wildman–Crippen MR) is 98.8 cm³/mol. The molecule has 5 nitrogen and oxygen atoms in total. The fourth-order valence-electron chi connectivity index (χ4n) is 2.98. The highest BCUT2D eigenvalue weighted by Gasteiger charge is 2.25. The van der Waals surface area contributed by atoms with Crippen LogP contribution in [0.3, 0.4) is 0 Å². The van der Waals surface area contributed by atoms with Crippen LogP contribution in [-0.4, -0.2) is 47.8 Å². The molecule has 0 N–H and O–H groups in total. The zero-order valence-corrected chi connectivity index (χ0v) is 14.9. The summed E-state index contributed by atoms with van der Waals surface area (Å²) >= 11 is 6.12. The van der Waals surface area contributed by atoms with Crippen LogP contribution in [0.5, 0.6) is 0 Å². The van der Waals surface area contributed by atoms with Gasteiger partial charge in [-0.2, -0.15) is 5.26 Å². The van der Waals surface area contributed by atoms with Crippen LogP contribution in [0.25, 0.3) is 0 Å². The first-order valence-electron chi connectivity index (χ1n) is 8.39. The molecule has 1 saturated heterocycles. The lowest BCUT2D eigenvalue weighted by Gasteiger charge is -2.35. The summed E-state index contributed by atoms with van der Waals surface area (Å²) in [5.74, 6) is -0.100. The second-order valence-corrected chi connectivity index (χ2v) is 6.54. The van der Waals surface area contributed by atoms with Gasteiger partial charge in [0.25, 0.3) is 5.91 Å². The molecule has 0 saturated carbocycles. The van der Waals surface area contributed by atoms with Crippen LogP contribution < -0.4 is 0 Å². The number of halogens is 1. The van der Waals surface area contributed by atoms with E-state index in [1.165, 1.54) is 0 Å². The van der Waals surface area contributed by atoms with Crippen LogP contribution in [-0.2, 0) is 11.2 Å². The number of piperazine rings is 1. The van der Waals surface area contributed by atoms with E-state index in [-0.39, 0.29) is 18.2 Å². The van der Waals surface area contributed by atoms with E-state index in [1.807, 2.05) is 24.3 Å². The van der Waals surface area contributed by atoms with Crippen molar-refractivity contribution in [1.82, 2.24) is 9.80 Å². The quantitative estimate of drug-likeness (QED) is 0.837. The molecule has 26 heavy (non-hydrogen) atoms. The molecule has 2 amide bonds. The molecule has 0 aliphatic carbocycles. The van der Waals surface area contributed by atoms with Gasteiger partial charge in [0.05, 0.1) is 18.1 Å². The largest absolute Gasteiger partial charge is 0.339 e. The van der Waals surface area contributed by atoms with Gasteiger partial charge in [0.2, 0.25) is 5.91 Å². The van der Waals surface area contributed by atoms with Gasteiger partial charge in [0.15, 0.2) is 0 Å². The van der Waals surface area contributed by atoms with E-state index in [1.54, 1.807) is 40.1 Å². The van der Waals surface area contributed by atoms with E-state index in [0.29, 0.717) is 42.3 Å². The van der Waals surface area contributed by atoms with Gasteiger partial charge in [-0.3, -0.25) is 9.59 Å². The smallest absolute Gasteiger partial charge is 0.254 e. The molecule has 0 atom stereocenters. The third-order valence-corrected chi connectivity index (χ3v) is 4.83. The Hall–Kier alpha value is -2.84. The van der Waals surface area contributed by atoms with Crippen molar-refractivity contribution in [3.63, 3.8) is 0 Å². The van der Waals surface area contributed by atoms with Crippen LogP contribution in [0.1, 0.15) is 21.5 Å². The lowest BCUT2D eigenvalue weighted by atomic mass is 10.1. The highest BCUT2D eigenvalue weighted by Crippen LogP contribution is 2.17. The van der Waals surface area contributed by atoms with E-state index < -0.39 is 0 Å². The molecule has 132 valence electrons. The van der Waals surface area contributed by atoms with Crippen molar-refractivity contribution in [3.8, 4) is 6.07 Å². The van der Waals surface area contributed by atoms with Gasteiger partial charge in [0.1, 0.15) is 0 Å². The van der Waals surface area contributed by atoms with E-state index in [2.05, 4.69) is 0 Å². The van der Waals surface area contributed by atoms with Crippen molar-refractivity contribution < 1.29 is 9.59 Å². The summed E-state index contributed by atoms with van der Waals surface area (Å²) in [5, 5.41) is 9.55. The van der Waals surface area contributed by atoms with Crippen LogP contribution in [0.15, 0.2) is 48.5 Å². The summed E-state index contributed by atoms with van der Waals surface area (Å²) < 4.78 is 0. The summed E-state index contributed by atoms with van der Waals surface area (Å²) in [7, 11) is 0. The van der Waals surface area contributed by atoms with Gasteiger partial charge in [-0.05, 0) is 29.8 Å². The minimum atomic E-state index is -0.111. The normalized spacial score (nSPS) is 14.0. The van der Waals surface area contributed by atoms with Gasteiger partial charge in [-0.25, -0.2) is 0 Å². The average molecular weight is 368 g/mol. The second kappa shape index (κ2) is 8.03. The number of rotatable bonds is 3. The number of hydrogen-bond donors (Lipinski definition) is 0. The van der Waals surface area contributed by atoms with Crippen molar-refractivity contribution >= 4 is 23.4 Å². The highest BCUT2D eigenvalue weighted by atomic mass is 35.5. The Morgan fingerprint density at radius 1 is 1.00 bits per heavy atom. The molecule has 0 spiro atoms. The first-order valence-corrected chi connectivity index (χ1v) is 8.77. The van der Waals surface area contributed by atoms with Crippen molar-refractivity contribution in [2.24, 2.45) is 0 Å². The van der Waals surface area contributed by atoms with Crippen molar-refractivity contribution in [1.29, 1.82) is 5.26 Å². The Balaban J connectivity index is 1.58. The second-order valence-electron chi connectivity index (χ2n) is 6.13. The number of amides is 2. The molecule has 1 fully saturated rings. The molecule has 0 unspecified atom stereocenters. The summed E-state index contributed by atoms with van der Waals surface area (Å²) in [6.07, 6.45) is 0.262. The lowest BCUT2D eigenvalue weighted by Crippen LogP contribution is -2.51. The van der Waals surface area contributed by atoms with Crippen LogP contribution in [0.4, 0.5) is 0 Å². The third kappa shape index (κ3) is 4.04. The Morgan fingerprint density at radius 3 is 2.38 bits per heavy atom. The number of carbonyl (C=O) groups is 2. The fourth-order valence-corrected chi connectivity index (χ4v) is 3.18. The summed E-state index contributed by atoms with van der Waals surface area (Å²) in [5.41, 5.74) is 1.77. The molecule has 1 aliphatic heterocycles. The Bertz CT molecular complexity index is 867. The Kier molecular flexibility index (Phi) is 5.55. The SMILES string of the molecule is N#Cc1cccc(C(=O)N2CCN(C(=O)Cc3ccccc3Cl)CC2)c1. The van der Waals surface area contributed by atoms with Crippen LogP contribution >= 0.6 is 11.6 Å². The zero-order chi connectivity index (χ0) is 18.5. The molecule has 1 heterocycles. The number of nitrogens with zero attached hydrogens (tertiary/aromatic N) is 3. The lowest BCUT2D eigenvalue weighted by molar-refractivity contribution is -0.131. The first kappa shape index (κ1) is 18.0. The minimum absolute atomic E-state index is 0.0108. The van der Waals surface area contributed by atoms with E-state index in [0.717, 1.165) is 5.56 Å². The molecule has 1 aliphatic rings. The Labute approximate surface area is 157 Å². The summed E-state index contributed by atoms with van der Waals surface area (Å²) in [4.78, 5) is 28.5. The van der Waals surface area contributed by atoms with Crippen LogP contribution in [0, 0.1) is 11.3 Å². The van der Waals surface area contributed by atoms with Gasteiger partial charge in [-0.1, -0.05) is 35.9 Å². The Morgan fingerprint density at radius 2 is 1.69 bits per heavy atom. The topological polar surface area (TPSA) is 64.4 Å². The maximum Gasteiger partial charge on any atom is 0.254 e. The van der Waals surface area contributed by atoms with Crippen molar-refractivity contribution in [2.75, 3.05) is 26.2 Å². The molecule has 2 aromatic rings. The van der Waals surface area contributed by atoms with Crippen molar-refractivity contribution in [2.45, 2.75) is 6.42 Å². The highest BCUT2D eigenvalue weighted by molar-refractivity contribution is 6.31. The molecule has 6 heteroatoms. The number of carbonyl (C=O) groups excluding carboxylic acids is 2. The number of nitriles is 1. The van der Waals surface area contributed by atoms with E-state index >= 15 is 0 Å². The van der Waals surface area contributed by atoms with Gasteiger partial charge in [-0.15, -0.1) is 0 Å². The molecule has 3 rings (SSSR count). The molecule has 0 aromatic heterocycles. The predicted octanol–water partition coefficient (Wildman–Crippen LogP) is 2.74. The maximum atomic E-state index is 12.6. The molecule has 0 bridgehead atoms. The summed E-state index contributed by atoms with van der Waals surface area (Å²) in [6.45, 7) is 1.94. The number of hydrogen-bond acceptors (Lipinski definition) is 3. The van der Waals surface area contributed by atoms with Gasteiger partial charge >= 0.3 is 0 Å². The molecule has 0 radical (unpaired) electrons. The molecular weight excluding hydrogens is 350 g/mol. The van der Waals surface area contributed by atoms with Gasteiger partial charge in [0, 0.05) is 36.8 Å². The third-order valence-electron chi connectivity index (χ3n) is 4.46. The summed E-state index contributed by atoms with van der Waals surface area (Å²) in [6, 6.07) is 16.0. The standard InChI is InChI=1S/C20H18ClN3O2/c21-18-7-2-1-5-16(18)13-19(25)23-8-10-24(11-9-23)20(26)17-6-3-4-15(12-17)14-22/h1-7,12H,8-11,13H2. The van der Waals surface area contributed by atoms with E-state index in [9.17, 15) is 9.59 Å². The van der Waals surface area contributed by atoms with Crippen molar-refractivity contribution in [3.05, 3.63) is 70.2 Å². The monoisotopic (exact) mass is 367 g/mol. The molecular formula is C20H18ClN3O2. The van der Waals surface area contributed by atoms with Gasteiger partial charge < -0.3 is 9.80 Å². The van der Waals surface area contributed by atoms with Crippen LogP contribution in [0.2, 0.25) is 5.02 Å². The van der Waals surface area contributed by atoms with E-state index in [4.69, 9.17) is 16.9 Å². The fraction of sp³-hybridized carbons (Fsp3) is 0.250.